The van der Waals surface area contributed by atoms with Gasteiger partial charge in [-0.15, -0.1) is 0 Å². The van der Waals surface area contributed by atoms with Crippen LogP contribution in [0.2, 0.25) is 0 Å². The normalized spacial score (nSPS) is 21.8. The Morgan fingerprint density at radius 2 is 1.57 bits per heavy atom. The summed E-state index contributed by atoms with van der Waals surface area (Å²) in [5, 5.41) is 1.57. The number of alkyl halides is 6. The van der Waals surface area contributed by atoms with Crippen LogP contribution in [0.3, 0.4) is 0 Å². The van der Waals surface area contributed by atoms with Gasteiger partial charge in [-0.3, -0.25) is 19.3 Å². The van der Waals surface area contributed by atoms with E-state index in [0.717, 1.165) is 36.4 Å². The molecule has 5 nitrogen and oxygen atoms in total. The van der Waals surface area contributed by atoms with E-state index in [1.54, 1.807) is 19.2 Å². The molecule has 0 radical (unpaired) electrons. The predicted molar refractivity (Wildman–Crippen MR) is 117 cm³/mol. The highest BCUT2D eigenvalue weighted by atomic mass is 19.4. The van der Waals surface area contributed by atoms with E-state index in [1.165, 1.54) is 0 Å². The molecule has 1 atom stereocenters. The van der Waals surface area contributed by atoms with E-state index in [2.05, 4.69) is 0 Å². The second-order valence-corrected chi connectivity index (χ2v) is 9.66. The highest BCUT2D eigenvalue weighted by Crippen LogP contribution is 2.52. The minimum Gasteiger partial charge on any atom is -0.326 e. The molecule has 2 aromatic carbocycles. The third kappa shape index (κ3) is 4.38. The van der Waals surface area contributed by atoms with Crippen molar-refractivity contribution in [3.05, 3.63) is 76.7 Å². The van der Waals surface area contributed by atoms with Crippen LogP contribution in [0.5, 0.6) is 0 Å². The van der Waals surface area contributed by atoms with Crippen molar-refractivity contribution in [3.63, 3.8) is 0 Å². The van der Waals surface area contributed by atoms with Gasteiger partial charge < -0.3 is 5.32 Å². The zero-order valence-electron chi connectivity index (χ0n) is 19.4. The second-order valence-electron chi connectivity index (χ2n) is 9.66. The molecule has 0 spiro atoms. The number of allylic oxidation sites excluding steroid dienone is 1. The van der Waals surface area contributed by atoms with Crippen LogP contribution < -0.4 is 10.2 Å². The number of hydrogen-bond acceptors (Lipinski definition) is 3. The van der Waals surface area contributed by atoms with E-state index in [1.807, 2.05) is 0 Å². The molecule has 196 valence electrons. The lowest BCUT2D eigenvalue weighted by Crippen LogP contribution is -2.66. The lowest BCUT2D eigenvalue weighted by Gasteiger charge is -2.35. The summed E-state index contributed by atoms with van der Waals surface area (Å²) in [7, 11) is 0. The summed E-state index contributed by atoms with van der Waals surface area (Å²) in [5.74, 6) is -5.17. The van der Waals surface area contributed by atoms with Gasteiger partial charge in [0.05, 0.1) is 11.1 Å². The van der Waals surface area contributed by atoms with Crippen LogP contribution in [0.25, 0.3) is 0 Å². The molecular formula is C25H19F7N2O3. The maximum atomic E-state index is 14.8. The van der Waals surface area contributed by atoms with Gasteiger partial charge in [-0.25, -0.2) is 4.39 Å². The molecule has 0 fully saturated rings. The number of halogens is 7. The highest BCUT2D eigenvalue weighted by Gasteiger charge is 2.72. The molecule has 4 rings (SSSR count). The Bertz CT molecular complexity index is 1330. The molecule has 1 aliphatic carbocycles. The lowest BCUT2D eigenvalue weighted by atomic mass is 9.72. The maximum absolute atomic E-state index is 14.8. The first-order chi connectivity index (χ1) is 17.0. The molecular weight excluding hydrogens is 509 g/mol. The molecule has 1 N–H and O–H groups in total. The van der Waals surface area contributed by atoms with Crippen LogP contribution >= 0.6 is 0 Å². The lowest BCUT2D eigenvalue weighted by molar-refractivity contribution is -0.186. The Kier molecular flexibility index (Phi) is 6.00. The molecule has 12 heteroatoms. The molecule has 0 bridgehead atoms. The number of ketones is 1. The Morgan fingerprint density at radius 3 is 2.14 bits per heavy atom. The monoisotopic (exact) mass is 528 g/mol. The zero-order chi connectivity index (χ0) is 27.6. The molecule has 1 aliphatic heterocycles. The van der Waals surface area contributed by atoms with Gasteiger partial charge in [0.15, 0.2) is 5.78 Å². The van der Waals surface area contributed by atoms with Crippen LogP contribution in [0.1, 0.15) is 42.6 Å². The van der Waals surface area contributed by atoms with E-state index < -0.39 is 63.4 Å². The Morgan fingerprint density at radius 1 is 0.946 bits per heavy atom. The quantitative estimate of drug-likeness (QED) is 0.531. The minimum absolute atomic E-state index is 0.172. The van der Waals surface area contributed by atoms with Gasteiger partial charge in [-0.05, 0) is 54.3 Å². The predicted octanol–water partition coefficient (Wildman–Crippen LogP) is 5.57. The van der Waals surface area contributed by atoms with Gasteiger partial charge in [-0.2, -0.15) is 26.3 Å². The van der Waals surface area contributed by atoms with Crippen LogP contribution in [-0.4, -0.2) is 29.3 Å². The summed E-state index contributed by atoms with van der Waals surface area (Å²) < 4.78 is 97.3. The van der Waals surface area contributed by atoms with E-state index in [4.69, 9.17) is 0 Å². The summed E-state index contributed by atoms with van der Waals surface area (Å²) in [4.78, 5) is 40.3. The third-order valence-electron chi connectivity index (χ3n) is 6.28. The first-order valence-electron chi connectivity index (χ1n) is 10.9. The first kappa shape index (κ1) is 26.4. The number of amides is 2. The van der Waals surface area contributed by atoms with E-state index in [0.29, 0.717) is 17.0 Å². The van der Waals surface area contributed by atoms with Crippen molar-refractivity contribution < 1.29 is 45.1 Å². The number of Topliss-reactive ketones (excluding diaryl/α,β-unsaturated/α-hetero) is 1. The van der Waals surface area contributed by atoms with Crippen molar-refractivity contribution in [2.24, 2.45) is 5.41 Å². The van der Waals surface area contributed by atoms with Crippen LogP contribution in [0, 0.1) is 11.2 Å². The van der Waals surface area contributed by atoms with Gasteiger partial charge in [0.2, 0.25) is 5.54 Å². The number of carbonyl (C=O) groups excluding carboxylic acids is 3. The second kappa shape index (κ2) is 8.42. The average Bonchev–Trinajstić information content (AvgIpc) is 3.01. The Balaban J connectivity index is 1.91. The molecule has 1 unspecified atom stereocenters. The molecule has 37 heavy (non-hydrogen) atoms. The fourth-order valence-corrected chi connectivity index (χ4v) is 4.69. The molecule has 2 aromatic rings. The molecule has 0 aromatic heterocycles. The van der Waals surface area contributed by atoms with Gasteiger partial charge in [0.25, 0.3) is 11.8 Å². The zero-order valence-corrected chi connectivity index (χ0v) is 19.4. The van der Waals surface area contributed by atoms with Gasteiger partial charge in [-0.1, -0.05) is 19.9 Å². The van der Waals surface area contributed by atoms with Crippen molar-refractivity contribution in [2.45, 2.75) is 44.6 Å². The van der Waals surface area contributed by atoms with Gasteiger partial charge in [0, 0.05) is 23.4 Å². The molecule has 2 amide bonds. The standard InChI is InChI=1S/C25H19F7N2O3/c1-22(2)11-17-19(18(35)12-22)23(25(30,31)32,21(37)34(17)16-8-6-15(26)7-9-16)33-20(36)13-4-3-5-14(10-13)24(27,28)29/h3-10H,11-12H2,1-2H3,(H,33,36). The van der Waals surface area contributed by atoms with Crippen molar-refractivity contribution >= 4 is 23.3 Å². The van der Waals surface area contributed by atoms with Crippen LogP contribution in [-0.2, 0) is 15.8 Å². The summed E-state index contributed by atoms with van der Waals surface area (Å²) in [5.41, 5.74) is -8.31. The van der Waals surface area contributed by atoms with Gasteiger partial charge in [0.1, 0.15) is 5.82 Å². The first-order valence-corrected chi connectivity index (χ1v) is 10.9. The highest BCUT2D eigenvalue weighted by molar-refractivity contribution is 6.21. The average molecular weight is 528 g/mol. The third-order valence-corrected chi connectivity index (χ3v) is 6.28. The van der Waals surface area contributed by atoms with Gasteiger partial charge >= 0.3 is 12.4 Å². The SMILES string of the molecule is CC1(C)CC(=O)C2=C(C1)N(c1ccc(F)cc1)C(=O)C2(NC(=O)c1cccc(C(F)(F)F)c1)C(F)(F)F. The van der Waals surface area contributed by atoms with Crippen LogP contribution in [0.4, 0.5) is 36.4 Å². The number of anilines is 1. The maximum Gasteiger partial charge on any atom is 0.425 e. The summed E-state index contributed by atoms with van der Waals surface area (Å²) in [6.45, 7) is 3.22. The van der Waals surface area contributed by atoms with E-state index >= 15 is 0 Å². The fourth-order valence-electron chi connectivity index (χ4n) is 4.69. The number of hydrogen-bond donors (Lipinski definition) is 1. The van der Waals surface area contributed by atoms with E-state index in [9.17, 15) is 45.1 Å². The van der Waals surface area contributed by atoms with Crippen LogP contribution in [0.15, 0.2) is 59.8 Å². The number of benzene rings is 2. The van der Waals surface area contributed by atoms with Crippen molar-refractivity contribution in [1.29, 1.82) is 0 Å². The number of nitrogens with one attached hydrogen (secondary N) is 1. The number of carbonyl (C=O) groups is 3. The summed E-state index contributed by atoms with van der Waals surface area (Å²) in [6.07, 6.45) is -11.0. The summed E-state index contributed by atoms with van der Waals surface area (Å²) >= 11 is 0. The molecule has 0 saturated heterocycles. The van der Waals surface area contributed by atoms with Crippen molar-refractivity contribution in [3.8, 4) is 0 Å². The summed E-state index contributed by atoms with van der Waals surface area (Å²) in [6, 6.07) is 6.57. The smallest absolute Gasteiger partial charge is 0.326 e. The Hall–Kier alpha value is -3.70. The van der Waals surface area contributed by atoms with Crippen molar-refractivity contribution in [1.82, 2.24) is 5.32 Å². The largest absolute Gasteiger partial charge is 0.425 e. The number of nitrogens with zero attached hydrogens (tertiary/aromatic N) is 1. The molecule has 0 saturated carbocycles. The fraction of sp³-hybridized carbons (Fsp3) is 0.320. The number of rotatable bonds is 3. The minimum atomic E-state index is -5.56. The van der Waals surface area contributed by atoms with E-state index in [-0.39, 0.29) is 24.2 Å². The topological polar surface area (TPSA) is 66.5 Å². The van der Waals surface area contributed by atoms with Crippen molar-refractivity contribution in [2.75, 3.05) is 4.90 Å². The molecule has 2 aliphatic rings. The Labute approximate surface area is 205 Å². The molecule has 1 heterocycles.